The predicted octanol–water partition coefficient (Wildman–Crippen LogP) is 2.81. The first-order valence-corrected chi connectivity index (χ1v) is 8.26. The number of alkyl carbamates (subject to hydrolysis) is 1. The molecule has 0 bridgehead atoms. The van der Waals surface area contributed by atoms with Gasteiger partial charge in [-0.1, -0.05) is 30.3 Å². The summed E-state index contributed by atoms with van der Waals surface area (Å²) in [6.07, 6.45) is -0.587. The van der Waals surface area contributed by atoms with Gasteiger partial charge in [0.25, 0.3) is 0 Å². The molecule has 1 aromatic carbocycles. The van der Waals surface area contributed by atoms with Crippen LogP contribution >= 0.6 is 0 Å². The van der Waals surface area contributed by atoms with Gasteiger partial charge in [-0.3, -0.25) is 4.89 Å². The molecule has 8 nitrogen and oxygen atoms in total. The largest absolute Gasteiger partial charge is 0.480 e. The van der Waals surface area contributed by atoms with Crippen molar-refractivity contribution >= 4 is 18.0 Å². The second kappa shape index (κ2) is 10.4. The fourth-order valence-corrected chi connectivity index (χ4v) is 1.94. The quantitative estimate of drug-likeness (QED) is 0.510. The number of benzene rings is 1. The van der Waals surface area contributed by atoms with Crippen molar-refractivity contribution in [3.8, 4) is 0 Å². The molecular weight excluding hydrogens is 342 g/mol. The molecule has 144 valence electrons. The van der Waals surface area contributed by atoms with Crippen LogP contribution in [0.4, 0.5) is 4.79 Å². The minimum Gasteiger partial charge on any atom is -0.480 e. The standard InChI is InChI=1S/C18H25NO7/c1-18(2,3)25-17(23)19-14(16(21)22)10-7-11-15(20)26-24-12-13-8-5-4-6-9-13/h4-6,8-9,14H,7,10-12H2,1-3H3,(H,19,23)(H,21,22)/t14-/m0/s1. The highest BCUT2D eigenvalue weighted by atomic mass is 17.2. The maximum atomic E-state index is 11.6. The van der Waals surface area contributed by atoms with Crippen LogP contribution in [0.3, 0.4) is 0 Å². The molecule has 8 heteroatoms. The Morgan fingerprint density at radius 2 is 1.81 bits per heavy atom. The van der Waals surface area contributed by atoms with Gasteiger partial charge in [-0.15, -0.1) is 0 Å². The Balaban J connectivity index is 2.28. The van der Waals surface area contributed by atoms with Crippen LogP contribution in [0.25, 0.3) is 0 Å². The van der Waals surface area contributed by atoms with Crippen molar-refractivity contribution in [2.45, 2.75) is 58.3 Å². The molecule has 1 aromatic rings. The molecule has 2 N–H and O–H groups in total. The van der Waals surface area contributed by atoms with Gasteiger partial charge in [0.05, 0.1) is 0 Å². The van der Waals surface area contributed by atoms with Gasteiger partial charge in [0.1, 0.15) is 18.2 Å². The lowest BCUT2D eigenvalue weighted by Gasteiger charge is -2.21. The Morgan fingerprint density at radius 3 is 2.38 bits per heavy atom. The number of hydrogen-bond acceptors (Lipinski definition) is 6. The smallest absolute Gasteiger partial charge is 0.408 e. The fourth-order valence-electron chi connectivity index (χ4n) is 1.94. The minimum atomic E-state index is -1.20. The Morgan fingerprint density at radius 1 is 1.15 bits per heavy atom. The maximum Gasteiger partial charge on any atom is 0.408 e. The van der Waals surface area contributed by atoms with Gasteiger partial charge in [-0.05, 0) is 39.2 Å². The number of aliphatic carboxylic acids is 1. The molecular formula is C18H25NO7. The topological polar surface area (TPSA) is 111 Å². The third kappa shape index (κ3) is 9.63. The zero-order valence-electron chi connectivity index (χ0n) is 15.2. The van der Waals surface area contributed by atoms with Crippen LogP contribution in [0.5, 0.6) is 0 Å². The van der Waals surface area contributed by atoms with Gasteiger partial charge in [-0.2, -0.15) is 4.89 Å². The number of rotatable bonds is 9. The summed E-state index contributed by atoms with van der Waals surface area (Å²) in [6.45, 7) is 5.15. The summed E-state index contributed by atoms with van der Waals surface area (Å²) in [5, 5.41) is 11.4. The molecule has 0 heterocycles. The first-order chi connectivity index (χ1) is 12.2. The minimum absolute atomic E-state index is 0.0332. The summed E-state index contributed by atoms with van der Waals surface area (Å²) >= 11 is 0. The summed E-state index contributed by atoms with van der Waals surface area (Å²) < 4.78 is 5.02. The average Bonchev–Trinajstić information content (AvgIpc) is 2.53. The van der Waals surface area contributed by atoms with E-state index in [1.54, 1.807) is 20.8 Å². The van der Waals surface area contributed by atoms with Crippen LogP contribution in [-0.4, -0.2) is 34.8 Å². The van der Waals surface area contributed by atoms with Gasteiger partial charge in [0, 0.05) is 6.42 Å². The normalized spacial score (nSPS) is 12.1. The summed E-state index contributed by atoms with van der Waals surface area (Å²) in [5.41, 5.74) is 0.125. The molecule has 0 radical (unpaired) electrons. The summed E-state index contributed by atoms with van der Waals surface area (Å²) in [4.78, 5) is 43.9. The SMILES string of the molecule is CC(C)(C)OC(=O)N[C@@H](CCCC(=O)OOCc1ccccc1)C(=O)O. The molecule has 0 saturated heterocycles. The van der Waals surface area contributed by atoms with Crippen molar-refractivity contribution in [3.63, 3.8) is 0 Å². The Kier molecular flexibility index (Phi) is 8.57. The number of amides is 1. The van der Waals surface area contributed by atoms with Gasteiger partial charge in [0.2, 0.25) is 0 Å². The second-order valence-electron chi connectivity index (χ2n) is 6.63. The van der Waals surface area contributed by atoms with Gasteiger partial charge >= 0.3 is 18.0 Å². The van der Waals surface area contributed by atoms with Crippen molar-refractivity contribution in [1.82, 2.24) is 5.32 Å². The lowest BCUT2D eigenvalue weighted by Crippen LogP contribution is -2.43. The van der Waals surface area contributed by atoms with E-state index >= 15 is 0 Å². The molecule has 1 atom stereocenters. The first-order valence-electron chi connectivity index (χ1n) is 8.26. The molecule has 0 saturated carbocycles. The van der Waals surface area contributed by atoms with Crippen LogP contribution in [0.2, 0.25) is 0 Å². The molecule has 0 unspecified atom stereocenters. The third-order valence-corrected chi connectivity index (χ3v) is 3.08. The average molecular weight is 367 g/mol. The highest BCUT2D eigenvalue weighted by Crippen LogP contribution is 2.09. The highest BCUT2D eigenvalue weighted by Gasteiger charge is 2.24. The summed E-state index contributed by atoms with van der Waals surface area (Å²) in [6, 6.07) is 8.04. The van der Waals surface area contributed by atoms with E-state index in [9.17, 15) is 14.4 Å². The second-order valence-corrected chi connectivity index (χ2v) is 6.63. The number of carbonyl (C=O) groups is 3. The van der Waals surface area contributed by atoms with Gasteiger partial charge in [0.15, 0.2) is 0 Å². The molecule has 1 rings (SSSR count). The zero-order valence-corrected chi connectivity index (χ0v) is 15.2. The van der Waals surface area contributed by atoms with Crippen LogP contribution in [0.1, 0.15) is 45.6 Å². The van der Waals surface area contributed by atoms with E-state index in [-0.39, 0.29) is 25.9 Å². The van der Waals surface area contributed by atoms with E-state index in [0.29, 0.717) is 0 Å². The first kappa shape index (κ1) is 21.4. The Bertz CT molecular complexity index is 595. The fraction of sp³-hybridized carbons (Fsp3) is 0.500. The van der Waals surface area contributed by atoms with E-state index in [1.807, 2.05) is 30.3 Å². The van der Waals surface area contributed by atoms with Crippen molar-refractivity contribution in [2.24, 2.45) is 0 Å². The number of carboxylic acid groups (broad SMARTS) is 1. The molecule has 0 aromatic heterocycles. The summed E-state index contributed by atoms with van der Waals surface area (Å²) in [5.74, 6) is -1.81. The zero-order chi connectivity index (χ0) is 19.6. The monoisotopic (exact) mass is 367 g/mol. The van der Waals surface area contributed by atoms with E-state index in [2.05, 4.69) is 10.2 Å². The van der Waals surface area contributed by atoms with Gasteiger partial charge in [-0.25, -0.2) is 14.4 Å². The lowest BCUT2D eigenvalue weighted by atomic mass is 10.1. The van der Waals surface area contributed by atoms with Crippen molar-refractivity contribution < 1.29 is 34.0 Å². The molecule has 1 amide bonds. The molecule has 0 aliphatic rings. The number of ether oxygens (including phenoxy) is 1. The number of carbonyl (C=O) groups excluding carboxylic acids is 2. The van der Waals surface area contributed by atoms with E-state index in [1.165, 1.54) is 0 Å². The number of nitrogens with one attached hydrogen (secondary N) is 1. The lowest BCUT2D eigenvalue weighted by molar-refractivity contribution is -0.280. The highest BCUT2D eigenvalue weighted by molar-refractivity contribution is 5.80. The van der Waals surface area contributed by atoms with Crippen LogP contribution in [0, 0.1) is 0 Å². The number of carboxylic acids is 1. The van der Waals surface area contributed by atoms with E-state index < -0.39 is 29.7 Å². The summed E-state index contributed by atoms with van der Waals surface area (Å²) in [7, 11) is 0. The number of hydrogen-bond donors (Lipinski definition) is 2. The predicted molar refractivity (Wildman–Crippen MR) is 92.0 cm³/mol. The molecule has 0 fully saturated rings. The van der Waals surface area contributed by atoms with Crippen molar-refractivity contribution in [1.29, 1.82) is 0 Å². The van der Waals surface area contributed by atoms with Crippen molar-refractivity contribution in [3.05, 3.63) is 35.9 Å². The molecule has 26 heavy (non-hydrogen) atoms. The van der Waals surface area contributed by atoms with E-state index in [4.69, 9.17) is 14.7 Å². The Labute approximate surface area is 152 Å². The third-order valence-electron chi connectivity index (χ3n) is 3.08. The molecule has 0 aliphatic heterocycles. The van der Waals surface area contributed by atoms with Crippen LogP contribution in [-0.2, 0) is 30.7 Å². The molecule has 0 aliphatic carbocycles. The van der Waals surface area contributed by atoms with Crippen LogP contribution < -0.4 is 5.32 Å². The molecule has 0 spiro atoms. The Hall–Kier alpha value is -2.61. The van der Waals surface area contributed by atoms with E-state index in [0.717, 1.165) is 5.56 Å². The van der Waals surface area contributed by atoms with Crippen molar-refractivity contribution in [2.75, 3.05) is 0 Å². The van der Waals surface area contributed by atoms with Gasteiger partial charge < -0.3 is 15.2 Å². The maximum absolute atomic E-state index is 11.6. The van der Waals surface area contributed by atoms with Crippen LogP contribution in [0.15, 0.2) is 30.3 Å².